The van der Waals surface area contributed by atoms with Crippen LogP contribution < -0.4 is 15.5 Å². The molecule has 0 unspecified atom stereocenters. The Morgan fingerprint density at radius 2 is 1.86 bits per heavy atom. The van der Waals surface area contributed by atoms with Crippen LogP contribution in [0, 0.1) is 0 Å². The number of anilines is 1. The molecule has 4 rings (SSSR count). The minimum Gasteiger partial charge on any atom is -0.351 e. The van der Waals surface area contributed by atoms with Crippen molar-refractivity contribution in [2.75, 3.05) is 11.4 Å². The fourth-order valence-corrected chi connectivity index (χ4v) is 5.01. The van der Waals surface area contributed by atoms with Crippen LogP contribution in [0.25, 0.3) is 0 Å². The third-order valence-electron chi connectivity index (χ3n) is 6.25. The van der Waals surface area contributed by atoms with E-state index in [0.29, 0.717) is 16.1 Å². The molecule has 0 bridgehead atoms. The highest BCUT2D eigenvalue weighted by Gasteiger charge is 2.34. The first-order chi connectivity index (χ1) is 17.1. The van der Waals surface area contributed by atoms with Crippen molar-refractivity contribution in [3.63, 3.8) is 0 Å². The van der Waals surface area contributed by atoms with Gasteiger partial charge in [-0.3, -0.25) is 24.3 Å². The summed E-state index contributed by atoms with van der Waals surface area (Å²) >= 11 is 1.31. The molecule has 1 aliphatic carbocycles. The summed E-state index contributed by atoms with van der Waals surface area (Å²) in [7, 11) is 0. The zero-order valence-corrected chi connectivity index (χ0v) is 20.6. The summed E-state index contributed by atoms with van der Waals surface area (Å²) in [6, 6.07) is 13.9. The minimum absolute atomic E-state index is 0.101. The van der Waals surface area contributed by atoms with E-state index in [1.165, 1.54) is 16.2 Å². The standard InChI is InChI=1S/C27H30N4O3S/c1-2-19-11-13-20(14-12-19)25(27(34)30-21-7-3-4-8-21)31(22-9-5-15-28-17-22)24(32)18-29-26(33)23-10-6-16-35-23/h5-6,9-17,21,25H,2-4,7-8,18H2,1H3,(H,29,33)(H,30,34)/t25-/m1/s1. The van der Waals surface area contributed by atoms with E-state index in [9.17, 15) is 14.4 Å². The van der Waals surface area contributed by atoms with Gasteiger partial charge in [0.2, 0.25) is 11.8 Å². The van der Waals surface area contributed by atoms with Gasteiger partial charge in [0.25, 0.3) is 5.91 Å². The monoisotopic (exact) mass is 490 g/mol. The van der Waals surface area contributed by atoms with Gasteiger partial charge in [-0.2, -0.15) is 0 Å². The Morgan fingerprint density at radius 1 is 1.09 bits per heavy atom. The van der Waals surface area contributed by atoms with Gasteiger partial charge in [-0.15, -0.1) is 11.3 Å². The molecule has 0 saturated heterocycles. The number of carbonyl (C=O) groups is 3. The topological polar surface area (TPSA) is 91.4 Å². The van der Waals surface area contributed by atoms with Gasteiger partial charge < -0.3 is 10.6 Å². The van der Waals surface area contributed by atoms with Crippen molar-refractivity contribution in [2.24, 2.45) is 0 Å². The molecule has 0 spiro atoms. The summed E-state index contributed by atoms with van der Waals surface area (Å²) in [5.74, 6) is -0.948. The Bertz CT molecular complexity index is 1130. The second-order valence-corrected chi connectivity index (χ2v) is 9.57. The number of aryl methyl sites for hydroxylation is 1. The zero-order valence-electron chi connectivity index (χ0n) is 19.8. The van der Waals surface area contributed by atoms with Crippen LogP contribution in [0.15, 0.2) is 66.3 Å². The Hall–Kier alpha value is -3.52. The number of pyridine rings is 1. The molecule has 3 aromatic rings. The maximum Gasteiger partial charge on any atom is 0.261 e. The Balaban J connectivity index is 1.66. The first-order valence-electron chi connectivity index (χ1n) is 12.0. The van der Waals surface area contributed by atoms with E-state index in [4.69, 9.17) is 0 Å². The van der Waals surface area contributed by atoms with Gasteiger partial charge in [-0.25, -0.2) is 0 Å². The summed E-state index contributed by atoms with van der Waals surface area (Å²) in [6.07, 6.45) is 8.10. The Kier molecular flexibility index (Phi) is 8.26. The number of hydrogen-bond donors (Lipinski definition) is 2. The predicted molar refractivity (Wildman–Crippen MR) is 137 cm³/mol. The first kappa shape index (κ1) is 24.6. The number of amides is 3. The average molecular weight is 491 g/mol. The summed E-state index contributed by atoms with van der Waals surface area (Å²) in [5, 5.41) is 7.67. The lowest BCUT2D eigenvalue weighted by molar-refractivity contribution is -0.126. The highest BCUT2D eigenvalue weighted by molar-refractivity contribution is 7.12. The summed E-state index contributed by atoms with van der Waals surface area (Å²) < 4.78 is 0. The van der Waals surface area contributed by atoms with Gasteiger partial charge in [0.15, 0.2) is 0 Å². The molecule has 35 heavy (non-hydrogen) atoms. The van der Waals surface area contributed by atoms with Crippen molar-refractivity contribution in [3.05, 3.63) is 82.3 Å². The van der Waals surface area contributed by atoms with E-state index in [-0.39, 0.29) is 24.4 Å². The SMILES string of the molecule is CCc1ccc([C@H](C(=O)NC2CCCC2)N(C(=O)CNC(=O)c2cccs2)c2cccnc2)cc1. The molecule has 1 aliphatic rings. The fourth-order valence-electron chi connectivity index (χ4n) is 4.37. The van der Waals surface area contributed by atoms with Crippen molar-refractivity contribution < 1.29 is 14.4 Å². The van der Waals surface area contributed by atoms with E-state index < -0.39 is 11.9 Å². The Labute approximate surface area is 209 Å². The molecule has 0 aliphatic heterocycles. The molecule has 3 amide bonds. The summed E-state index contributed by atoms with van der Waals surface area (Å²) in [4.78, 5) is 45.9. The second kappa shape index (κ2) is 11.8. The molecule has 182 valence electrons. The molecule has 1 aromatic carbocycles. The van der Waals surface area contributed by atoms with Crippen LogP contribution in [0.2, 0.25) is 0 Å². The molecular weight excluding hydrogens is 460 g/mol. The number of rotatable bonds is 9. The van der Waals surface area contributed by atoms with Crippen molar-refractivity contribution in [1.29, 1.82) is 0 Å². The highest BCUT2D eigenvalue weighted by Crippen LogP contribution is 2.29. The van der Waals surface area contributed by atoms with Crippen LogP contribution in [0.4, 0.5) is 5.69 Å². The molecule has 1 atom stereocenters. The van der Waals surface area contributed by atoms with Crippen molar-refractivity contribution in [2.45, 2.75) is 51.1 Å². The van der Waals surface area contributed by atoms with Gasteiger partial charge in [0, 0.05) is 12.2 Å². The van der Waals surface area contributed by atoms with Crippen LogP contribution in [-0.4, -0.2) is 35.3 Å². The van der Waals surface area contributed by atoms with Crippen molar-refractivity contribution >= 4 is 34.7 Å². The molecule has 2 N–H and O–H groups in total. The third kappa shape index (κ3) is 6.14. The van der Waals surface area contributed by atoms with Gasteiger partial charge in [0.1, 0.15) is 6.04 Å². The van der Waals surface area contributed by atoms with E-state index in [2.05, 4.69) is 22.5 Å². The van der Waals surface area contributed by atoms with Gasteiger partial charge in [0.05, 0.1) is 23.3 Å². The molecule has 2 heterocycles. The quantitative estimate of drug-likeness (QED) is 0.469. The molecule has 0 radical (unpaired) electrons. The molecule has 1 saturated carbocycles. The van der Waals surface area contributed by atoms with Crippen LogP contribution in [0.1, 0.15) is 59.4 Å². The number of nitrogens with one attached hydrogen (secondary N) is 2. The van der Waals surface area contributed by atoms with E-state index in [1.807, 2.05) is 29.6 Å². The molecule has 2 aromatic heterocycles. The van der Waals surface area contributed by atoms with E-state index in [1.54, 1.807) is 36.7 Å². The highest BCUT2D eigenvalue weighted by atomic mass is 32.1. The normalized spacial score (nSPS) is 14.3. The third-order valence-corrected chi connectivity index (χ3v) is 7.12. The van der Waals surface area contributed by atoms with E-state index in [0.717, 1.165) is 37.7 Å². The molecule has 8 heteroatoms. The van der Waals surface area contributed by atoms with Crippen molar-refractivity contribution in [3.8, 4) is 0 Å². The minimum atomic E-state index is -0.892. The van der Waals surface area contributed by atoms with Gasteiger partial charge in [-0.05, 0) is 54.0 Å². The van der Waals surface area contributed by atoms with Crippen LogP contribution in [0.3, 0.4) is 0 Å². The zero-order chi connectivity index (χ0) is 24.6. The number of nitrogens with zero attached hydrogens (tertiary/aromatic N) is 2. The molecule has 7 nitrogen and oxygen atoms in total. The average Bonchev–Trinajstić information content (AvgIpc) is 3.61. The molecular formula is C27H30N4O3S. The number of hydrogen-bond acceptors (Lipinski definition) is 5. The number of thiophene rings is 1. The second-order valence-electron chi connectivity index (χ2n) is 8.62. The number of benzene rings is 1. The largest absolute Gasteiger partial charge is 0.351 e. The first-order valence-corrected chi connectivity index (χ1v) is 12.9. The van der Waals surface area contributed by atoms with Gasteiger partial charge >= 0.3 is 0 Å². The maximum atomic E-state index is 13.7. The number of carbonyl (C=O) groups excluding carboxylic acids is 3. The lowest BCUT2D eigenvalue weighted by atomic mass is 10.00. The maximum absolute atomic E-state index is 13.7. The number of aromatic nitrogens is 1. The lowest BCUT2D eigenvalue weighted by Crippen LogP contribution is -2.49. The van der Waals surface area contributed by atoms with Crippen molar-refractivity contribution in [1.82, 2.24) is 15.6 Å². The predicted octanol–water partition coefficient (Wildman–Crippen LogP) is 4.27. The summed E-state index contributed by atoms with van der Waals surface area (Å²) in [5.41, 5.74) is 2.35. The van der Waals surface area contributed by atoms with Gasteiger partial charge in [-0.1, -0.05) is 50.1 Å². The smallest absolute Gasteiger partial charge is 0.261 e. The molecule has 1 fully saturated rings. The van der Waals surface area contributed by atoms with Crippen LogP contribution in [0.5, 0.6) is 0 Å². The fraction of sp³-hybridized carbons (Fsp3) is 0.333. The lowest BCUT2D eigenvalue weighted by Gasteiger charge is -2.32. The van der Waals surface area contributed by atoms with Crippen LogP contribution >= 0.6 is 11.3 Å². The Morgan fingerprint density at radius 3 is 2.49 bits per heavy atom. The summed E-state index contributed by atoms with van der Waals surface area (Å²) in [6.45, 7) is 1.83. The van der Waals surface area contributed by atoms with E-state index >= 15 is 0 Å². The van der Waals surface area contributed by atoms with Crippen LogP contribution in [-0.2, 0) is 16.0 Å².